The second-order valence-electron chi connectivity index (χ2n) is 3.25. The Hall–Kier alpha value is -0.870. The lowest BCUT2D eigenvalue weighted by Crippen LogP contribution is -2.16. The molecule has 2 heterocycles. The number of aromatic nitrogens is 2. The van der Waals surface area contributed by atoms with Crippen LogP contribution in [0.5, 0.6) is 0 Å². The maximum atomic E-state index is 5.40. The number of aryl methyl sites for hydroxylation is 1. The number of rotatable bonds is 3. The highest BCUT2D eigenvalue weighted by atomic mass is 16.7. The Kier molecular flexibility index (Phi) is 2.61. The number of hydroxylamine groups is 2. The van der Waals surface area contributed by atoms with Gasteiger partial charge in [-0.1, -0.05) is 0 Å². The fourth-order valence-corrected chi connectivity index (χ4v) is 1.49. The molecule has 4 heteroatoms. The summed E-state index contributed by atoms with van der Waals surface area (Å²) in [6.45, 7) is 5.78. The van der Waals surface area contributed by atoms with Gasteiger partial charge in [0.05, 0.1) is 19.3 Å². The molecule has 1 aliphatic heterocycles. The zero-order valence-corrected chi connectivity index (χ0v) is 7.94. The van der Waals surface area contributed by atoms with Crippen LogP contribution < -0.4 is 0 Å². The lowest BCUT2D eigenvalue weighted by molar-refractivity contribution is -0.117. The summed E-state index contributed by atoms with van der Waals surface area (Å²) < 4.78 is 1.94. The highest BCUT2D eigenvalue weighted by Crippen LogP contribution is 2.09. The number of hydrogen-bond acceptors (Lipinski definition) is 3. The van der Waals surface area contributed by atoms with Crippen LogP contribution in [-0.4, -0.2) is 28.0 Å². The molecule has 0 amide bonds. The molecule has 0 radical (unpaired) electrons. The van der Waals surface area contributed by atoms with Gasteiger partial charge in [0, 0.05) is 24.8 Å². The van der Waals surface area contributed by atoms with Gasteiger partial charge in [0.25, 0.3) is 0 Å². The second-order valence-corrected chi connectivity index (χ2v) is 3.25. The number of nitrogens with zero attached hydrogens (tertiary/aromatic N) is 3. The minimum absolute atomic E-state index is 0.861. The molecule has 1 aliphatic rings. The SMILES string of the molecule is CCn1cc(CN2CCCO2)cn1. The smallest absolute Gasteiger partial charge is 0.0698 e. The van der Waals surface area contributed by atoms with Crippen LogP contribution in [-0.2, 0) is 17.9 Å². The third-order valence-electron chi connectivity index (χ3n) is 2.20. The van der Waals surface area contributed by atoms with Crippen molar-refractivity contribution in [2.75, 3.05) is 13.2 Å². The molecule has 2 rings (SSSR count). The Labute approximate surface area is 78.0 Å². The van der Waals surface area contributed by atoms with E-state index in [2.05, 4.69) is 18.2 Å². The van der Waals surface area contributed by atoms with Gasteiger partial charge in [-0.2, -0.15) is 10.2 Å². The molecule has 1 aromatic heterocycles. The zero-order chi connectivity index (χ0) is 9.10. The van der Waals surface area contributed by atoms with Crippen molar-refractivity contribution in [2.24, 2.45) is 0 Å². The Morgan fingerprint density at radius 3 is 3.15 bits per heavy atom. The van der Waals surface area contributed by atoms with E-state index >= 15 is 0 Å². The quantitative estimate of drug-likeness (QED) is 0.698. The number of hydrogen-bond donors (Lipinski definition) is 0. The van der Waals surface area contributed by atoms with Crippen LogP contribution in [0, 0.1) is 0 Å². The summed E-state index contributed by atoms with van der Waals surface area (Å²) in [4.78, 5) is 5.40. The lowest BCUT2D eigenvalue weighted by atomic mass is 10.3. The van der Waals surface area contributed by atoms with Crippen molar-refractivity contribution in [1.29, 1.82) is 0 Å². The fourth-order valence-electron chi connectivity index (χ4n) is 1.49. The Morgan fingerprint density at radius 1 is 1.62 bits per heavy atom. The van der Waals surface area contributed by atoms with Gasteiger partial charge >= 0.3 is 0 Å². The summed E-state index contributed by atoms with van der Waals surface area (Å²) in [6.07, 6.45) is 5.12. The Balaban J connectivity index is 1.92. The summed E-state index contributed by atoms with van der Waals surface area (Å²) in [7, 11) is 0. The molecule has 0 unspecified atom stereocenters. The topological polar surface area (TPSA) is 30.3 Å². The summed E-state index contributed by atoms with van der Waals surface area (Å²) in [6, 6.07) is 0. The third-order valence-corrected chi connectivity index (χ3v) is 2.20. The maximum absolute atomic E-state index is 5.40. The second kappa shape index (κ2) is 3.89. The molecule has 4 nitrogen and oxygen atoms in total. The van der Waals surface area contributed by atoms with E-state index in [4.69, 9.17) is 4.84 Å². The van der Waals surface area contributed by atoms with Crippen LogP contribution in [0.25, 0.3) is 0 Å². The standard InChI is InChI=1S/C9H15N3O/c1-2-11-7-9(6-10-11)8-12-4-3-5-13-12/h6-7H,2-5,8H2,1H3. The molecule has 1 aromatic rings. The van der Waals surface area contributed by atoms with Gasteiger partial charge in [0.15, 0.2) is 0 Å². The van der Waals surface area contributed by atoms with Crippen molar-refractivity contribution in [3.8, 4) is 0 Å². The monoisotopic (exact) mass is 181 g/mol. The van der Waals surface area contributed by atoms with Gasteiger partial charge in [-0.3, -0.25) is 9.52 Å². The molecule has 0 spiro atoms. The van der Waals surface area contributed by atoms with Crippen molar-refractivity contribution < 1.29 is 4.84 Å². The molecule has 72 valence electrons. The third kappa shape index (κ3) is 2.08. The van der Waals surface area contributed by atoms with Crippen molar-refractivity contribution in [1.82, 2.24) is 14.8 Å². The van der Waals surface area contributed by atoms with Gasteiger partial charge in [-0.15, -0.1) is 0 Å². The van der Waals surface area contributed by atoms with Gasteiger partial charge in [-0.05, 0) is 13.3 Å². The molecule has 0 N–H and O–H groups in total. The van der Waals surface area contributed by atoms with E-state index in [-0.39, 0.29) is 0 Å². The van der Waals surface area contributed by atoms with Crippen molar-refractivity contribution in [2.45, 2.75) is 26.4 Å². The maximum Gasteiger partial charge on any atom is 0.0698 e. The normalized spacial score (nSPS) is 18.2. The first kappa shape index (κ1) is 8.72. The average Bonchev–Trinajstić information content (AvgIpc) is 2.76. The predicted octanol–water partition coefficient (Wildman–Crippen LogP) is 1.04. The minimum atomic E-state index is 0.861. The Bertz CT molecular complexity index is 266. The van der Waals surface area contributed by atoms with Crippen LogP contribution in [0.3, 0.4) is 0 Å². The molecule has 1 fully saturated rings. The van der Waals surface area contributed by atoms with Gasteiger partial charge in [0.1, 0.15) is 0 Å². The van der Waals surface area contributed by atoms with Crippen molar-refractivity contribution in [3.05, 3.63) is 18.0 Å². The first-order valence-electron chi connectivity index (χ1n) is 4.77. The van der Waals surface area contributed by atoms with E-state index in [0.717, 1.165) is 32.7 Å². The summed E-state index contributed by atoms with van der Waals surface area (Å²) in [5.74, 6) is 0. The molecule has 0 aromatic carbocycles. The molecular formula is C9H15N3O. The molecular weight excluding hydrogens is 166 g/mol. The van der Waals surface area contributed by atoms with E-state index in [1.54, 1.807) is 0 Å². The highest BCUT2D eigenvalue weighted by Gasteiger charge is 2.13. The summed E-state index contributed by atoms with van der Waals surface area (Å²) >= 11 is 0. The first-order chi connectivity index (χ1) is 6.38. The van der Waals surface area contributed by atoms with E-state index < -0.39 is 0 Å². The zero-order valence-electron chi connectivity index (χ0n) is 7.94. The predicted molar refractivity (Wildman–Crippen MR) is 48.9 cm³/mol. The molecule has 13 heavy (non-hydrogen) atoms. The molecule has 0 bridgehead atoms. The Morgan fingerprint density at radius 2 is 2.54 bits per heavy atom. The lowest BCUT2D eigenvalue weighted by Gasteiger charge is -2.11. The van der Waals surface area contributed by atoms with Gasteiger partial charge in [-0.25, -0.2) is 0 Å². The van der Waals surface area contributed by atoms with Gasteiger partial charge in [0.2, 0.25) is 0 Å². The van der Waals surface area contributed by atoms with Crippen LogP contribution >= 0.6 is 0 Å². The van der Waals surface area contributed by atoms with Crippen molar-refractivity contribution >= 4 is 0 Å². The average molecular weight is 181 g/mol. The first-order valence-corrected chi connectivity index (χ1v) is 4.77. The summed E-state index contributed by atoms with van der Waals surface area (Å²) in [5.41, 5.74) is 1.23. The van der Waals surface area contributed by atoms with Crippen LogP contribution in [0.15, 0.2) is 12.4 Å². The molecule has 1 saturated heterocycles. The molecule has 0 atom stereocenters. The molecule has 0 aliphatic carbocycles. The highest BCUT2D eigenvalue weighted by molar-refractivity contribution is 5.03. The van der Waals surface area contributed by atoms with Crippen LogP contribution in [0.1, 0.15) is 18.9 Å². The summed E-state index contributed by atoms with van der Waals surface area (Å²) in [5, 5.41) is 6.21. The van der Waals surface area contributed by atoms with Crippen LogP contribution in [0.2, 0.25) is 0 Å². The van der Waals surface area contributed by atoms with Crippen LogP contribution in [0.4, 0.5) is 0 Å². The molecule has 0 saturated carbocycles. The van der Waals surface area contributed by atoms with E-state index in [9.17, 15) is 0 Å². The fraction of sp³-hybridized carbons (Fsp3) is 0.667. The van der Waals surface area contributed by atoms with E-state index in [1.807, 2.05) is 15.9 Å². The van der Waals surface area contributed by atoms with Crippen molar-refractivity contribution in [3.63, 3.8) is 0 Å². The minimum Gasteiger partial charge on any atom is -0.299 e. The van der Waals surface area contributed by atoms with E-state index in [1.165, 1.54) is 5.56 Å². The van der Waals surface area contributed by atoms with E-state index in [0.29, 0.717) is 0 Å². The van der Waals surface area contributed by atoms with Gasteiger partial charge < -0.3 is 0 Å². The largest absolute Gasteiger partial charge is 0.299 e.